The molecule has 2 aromatic heterocycles. The fraction of sp³-hybridized carbons (Fsp3) is 0.300. The molecule has 0 radical (unpaired) electrons. The number of aromatic nitrogens is 4. The third-order valence-corrected chi connectivity index (χ3v) is 5.03. The fourth-order valence-electron chi connectivity index (χ4n) is 3.50. The van der Waals surface area contributed by atoms with Crippen LogP contribution in [-0.4, -0.2) is 38.7 Å². The lowest BCUT2D eigenvalue weighted by Crippen LogP contribution is -2.41. The van der Waals surface area contributed by atoms with Crippen molar-refractivity contribution in [2.45, 2.75) is 19.0 Å². The monoisotopic (exact) mass is 434 g/mol. The number of nitrogens with zero attached hydrogens (tertiary/aromatic N) is 5. The molecule has 1 atom stereocenters. The van der Waals surface area contributed by atoms with E-state index in [0.717, 1.165) is 6.07 Å². The normalized spacial score (nSPS) is 16.9. The number of carbonyl (C=O) groups is 1. The average molecular weight is 434 g/mol. The van der Waals surface area contributed by atoms with Crippen molar-refractivity contribution in [2.75, 3.05) is 23.3 Å². The van der Waals surface area contributed by atoms with Gasteiger partial charge in [0.05, 0.1) is 11.5 Å². The summed E-state index contributed by atoms with van der Waals surface area (Å²) in [6, 6.07) is 5.94. The van der Waals surface area contributed by atoms with Gasteiger partial charge < -0.3 is 10.2 Å². The number of piperidine rings is 1. The van der Waals surface area contributed by atoms with Gasteiger partial charge in [-0.05, 0) is 37.1 Å². The quantitative estimate of drug-likeness (QED) is 0.634. The largest absolute Gasteiger partial charge is 0.419 e. The second-order valence-corrected chi connectivity index (χ2v) is 7.15. The molecule has 1 aromatic carbocycles. The predicted molar refractivity (Wildman–Crippen MR) is 104 cm³/mol. The summed E-state index contributed by atoms with van der Waals surface area (Å²) < 4.78 is 53.8. The van der Waals surface area contributed by atoms with Gasteiger partial charge in [0.25, 0.3) is 0 Å². The second kappa shape index (κ2) is 8.32. The Balaban J connectivity index is 1.47. The molecule has 0 bridgehead atoms. The molecule has 0 aliphatic carbocycles. The summed E-state index contributed by atoms with van der Waals surface area (Å²) >= 11 is 0. The molecule has 3 heterocycles. The zero-order valence-electron chi connectivity index (χ0n) is 16.2. The molecule has 0 spiro atoms. The van der Waals surface area contributed by atoms with Crippen LogP contribution in [0.25, 0.3) is 5.82 Å². The van der Waals surface area contributed by atoms with Crippen LogP contribution in [0.5, 0.6) is 0 Å². The maximum absolute atomic E-state index is 13.5. The Morgan fingerprint density at radius 2 is 1.97 bits per heavy atom. The summed E-state index contributed by atoms with van der Waals surface area (Å²) in [6.45, 7) is 1.02. The summed E-state index contributed by atoms with van der Waals surface area (Å²) in [6.07, 6.45) is 1.22. The van der Waals surface area contributed by atoms with E-state index in [1.54, 1.807) is 29.2 Å². The standard InChI is InChI=1S/C20H18F4N6O/c21-16-5-4-14(9-15(16)20(22,23)24)28-19(31)13-3-1-7-29(11-13)17-10-18(26-12-25-17)30-8-2-6-27-30/h2,4-6,8-10,12-13H,1,3,7,11H2,(H,28,31). The van der Waals surface area contributed by atoms with Crippen molar-refractivity contribution in [3.8, 4) is 5.82 Å². The van der Waals surface area contributed by atoms with Crippen LogP contribution in [-0.2, 0) is 11.0 Å². The van der Waals surface area contributed by atoms with Crippen molar-refractivity contribution in [1.82, 2.24) is 19.7 Å². The Morgan fingerprint density at radius 3 is 2.71 bits per heavy atom. The van der Waals surface area contributed by atoms with Crippen molar-refractivity contribution >= 4 is 17.4 Å². The molecule has 1 N–H and O–H groups in total. The third-order valence-electron chi connectivity index (χ3n) is 5.03. The number of anilines is 2. The number of benzene rings is 1. The lowest BCUT2D eigenvalue weighted by Gasteiger charge is -2.33. The highest BCUT2D eigenvalue weighted by Crippen LogP contribution is 2.33. The molecule has 1 aliphatic heterocycles. The molecule has 162 valence electrons. The highest BCUT2D eigenvalue weighted by Gasteiger charge is 2.34. The Hall–Kier alpha value is -3.50. The number of halogens is 4. The smallest absolute Gasteiger partial charge is 0.356 e. The summed E-state index contributed by atoms with van der Waals surface area (Å²) in [4.78, 5) is 23.1. The molecular formula is C20H18F4N6O. The molecule has 1 saturated heterocycles. The first-order valence-corrected chi connectivity index (χ1v) is 9.56. The van der Waals surface area contributed by atoms with E-state index in [-0.39, 0.29) is 5.69 Å². The minimum Gasteiger partial charge on any atom is -0.356 e. The Labute approximate surface area is 174 Å². The van der Waals surface area contributed by atoms with E-state index in [0.29, 0.717) is 49.7 Å². The molecule has 7 nitrogen and oxygen atoms in total. The molecule has 1 unspecified atom stereocenters. The number of hydrogen-bond donors (Lipinski definition) is 1. The van der Waals surface area contributed by atoms with Gasteiger partial charge in [0.1, 0.15) is 18.0 Å². The lowest BCUT2D eigenvalue weighted by atomic mass is 9.97. The predicted octanol–water partition coefficient (Wildman–Crippen LogP) is 3.68. The van der Waals surface area contributed by atoms with Gasteiger partial charge in [0, 0.05) is 37.2 Å². The van der Waals surface area contributed by atoms with Gasteiger partial charge in [0.2, 0.25) is 5.91 Å². The Morgan fingerprint density at radius 1 is 1.16 bits per heavy atom. The van der Waals surface area contributed by atoms with Crippen molar-refractivity contribution in [3.05, 3.63) is 60.4 Å². The van der Waals surface area contributed by atoms with E-state index >= 15 is 0 Å². The van der Waals surface area contributed by atoms with Gasteiger partial charge in [-0.1, -0.05) is 0 Å². The summed E-state index contributed by atoms with van der Waals surface area (Å²) in [7, 11) is 0. The van der Waals surface area contributed by atoms with Crippen molar-refractivity contribution in [1.29, 1.82) is 0 Å². The van der Waals surface area contributed by atoms with Crippen LogP contribution in [0.3, 0.4) is 0 Å². The molecule has 3 aromatic rings. The molecule has 11 heteroatoms. The van der Waals surface area contributed by atoms with Gasteiger partial charge in [0.15, 0.2) is 5.82 Å². The molecule has 1 aliphatic rings. The minimum absolute atomic E-state index is 0.0983. The van der Waals surface area contributed by atoms with E-state index in [4.69, 9.17) is 0 Å². The Kier molecular flexibility index (Phi) is 5.57. The molecule has 1 amide bonds. The maximum Gasteiger partial charge on any atom is 0.419 e. The van der Waals surface area contributed by atoms with Crippen molar-refractivity contribution in [2.24, 2.45) is 5.92 Å². The summed E-state index contributed by atoms with van der Waals surface area (Å²) in [5.41, 5.74) is -1.51. The maximum atomic E-state index is 13.5. The van der Waals surface area contributed by atoms with E-state index < -0.39 is 29.4 Å². The zero-order chi connectivity index (χ0) is 22.0. The van der Waals surface area contributed by atoms with Crippen LogP contribution >= 0.6 is 0 Å². The van der Waals surface area contributed by atoms with Crippen LogP contribution in [0.1, 0.15) is 18.4 Å². The van der Waals surface area contributed by atoms with Crippen LogP contribution in [0.2, 0.25) is 0 Å². The minimum atomic E-state index is -4.84. The van der Waals surface area contributed by atoms with Crippen LogP contribution in [0.4, 0.5) is 29.1 Å². The van der Waals surface area contributed by atoms with Crippen LogP contribution < -0.4 is 10.2 Å². The van der Waals surface area contributed by atoms with Gasteiger partial charge in [-0.25, -0.2) is 19.0 Å². The molecular weight excluding hydrogens is 416 g/mol. The third kappa shape index (κ3) is 4.65. The van der Waals surface area contributed by atoms with Crippen LogP contribution in [0.15, 0.2) is 49.1 Å². The molecule has 0 saturated carbocycles. The second-order valence-electron chi connectivity index (χ2n) is 7.15. The molecule has 31 heavy (non-hydrogen) atoms. The van der Waals surface area contributed by atoms with E-state index in [1.165, 1.54) is 6.33 Å². The van der Waals surface area contributed by atoms with Crippen molar-refractivity contribution in [3.63, 3.8) is 0 Å². The summed E-state index contributed by atoms with van der Waals surface area (Å²) in [5.74, 6) is -1.07. The van der Waals surface area contributed by atoms with E-state index in [1.807, 2.05) is 4.90 Å². The molecule has 1 fully saturated rings. The highest BCUT2D eigenvalue weighted by atomic mass is 19.4. The number of alkyl halides is 3. The SMILES string of the molecule is O=C(Nc1ccc(F)c(C(F)(F)F)c1)C1CCCN(c2cc(-n3cccn3)ncn2)C1. The summed E-state index contributed by atoms with van der Waals surface area (Å²) in [5, 5.41) is 6.61. The Bertz CT molecular complexity index is 1070. The highest BCUT2D eigenvalue weighted by molar-refractivity contribution is 5.93. The fourth-order valence-corrected chi connectivity index (χ4v) is 3.50. The van der Waals surface area contributed by atoms with Gasteiger partial charge in [-0.3, -0.25) is 4.79 Å². The average Bonchev–Trinajstić information content (AvgIpc) is 3.29. The van der Waals surface area contributed by atoms with Crippen molar-refractivity contribution < 1.29 is 22.4 Å². The number of nitrogens with one attached hydrogen (secondary N) is 1. The first kappa shape index (κ1) is 20.8. The zero-order valence-corrected chi connectivity index (χ0v) is 16.2. The lowest BCUT2D eigenvalue weighted by molar-refractivity contribution is -0.140. The topological polar surface area (TPSA) is 75.9 Å². The van der Waals surface area contributed by atoms with Gasteiger partial charge >= 0.3 is 6.18 Å². The number of hydrogen-bond acceptors (Lipinski definition) is 5. The number of rotatable bonds is 4. The van der Waals surface area contributed by atoms with E-state index in [9.17, 15) is 22.4 Å². The first-order valence-electron chi connectivity index (χ1n) is 9.56. The van der Waals surface area contributed by atoms with Gasteiger partial charge in [-0.2, -0.15) is 18.3 Å². The molecule has 4 rings (SSSR count). The number of carbonyl (C=O) groups excluding carboxylic acids is 1. The first-order chi connectivity index (χ1) is 14.8. The number of amides is 1. The van der Waals surface area contributed by atoms with E-state index in [2.05, 4.69) is 20.4 Å². The van der Waals surface area contributed by atoms with Gasteiger partial charge in [-0.15, -0.1) is 0 Å². The van der Waals surface area contributed by atoms with Crippen LogP contribution in [0, 0.1) is 11.7 Å².